The third-order valence-electron chi connectivity index (χ3n) is 6.54. The molecule has 1 aromatic carbocycles. The standard InChI is InChI=1S/C19H24FNO2/c1-23-19(11-21-18(22)16-4-2-3-5-17(16)20)14-7-12-6-13(9-14)10-15(19)8-12/h2-5,12-15H,6-11H2,1H3,(H,21,22). The summed E-state index contributed by atoms with van der Waals surface area (Å²) < 4.78 is 19.8. The van der Waals surface area contributed by atoms with Gasteiger partial charge in [-0.2, -0.15) is 0 Å². The Bertz CT molecular complexity index is 587. The van der Waals surface area contributed by atoms with Gasteiger partial charge in [-0.1, -0.05) is 12.1 Å². The van der Waals surface area contributed by atoms with Gasteiger partial charge in [0.15, 0.2) is 0 Å². The molecule has 4 fully saturated rings. The zero-order chi connectivity index (χ0) is 16.0. The number of rotatable bonds is 4. The van der Waals surface area contributed by atoms with Crippen molar-refractivity contribution >= 4 is 5.91 Å². The normalized spacial score (nSPS) is 37.8. The number of carbonyl (C=O) groups excluding carboxylic acids is 1. The summed E-state index contributed by atoms with van der Waals surface area (Å²) >= 11 is 0. The van der Waals surface area contributed by atoms with Crippen molar-refractivity contribution in [3.63, 3.8) is 0 Å². The number of amides is 1. The van der Waals surface area contributed by atoms with E-state index < -0.39 is 5.82 Å². The average Bonchev–Trinajstić information content (AvgIpc) is 2.54. The van der Waals surface area contributed by atoms with Crippen LogP contribution in [0, 0.1) is 29.5 Å². The summed E-state index contributed by atoms with van der Waals surface area (Å²) in [7, 11) is 1.78. The van der Waals surface area contributed by atoms with Crippen molar-refractivity contribution in [2.45, 2.75) is 37.7 Å². The van der Waals surface area contributed by atoms with E-state index >= 15 is 0 Å². The van der Waals surface area contributed by atoms with Gasteiger partial charge in [-0.3, -0.25) is 4.79 Å². The van der Waals surface area contributed by atoms with Gasteiger partial charge < -0.3 is 10.1 Å². The number of ether oxygens (including phenoxy) is 1. The number of halogens is 1. The molecule has 23 heavy (non-hydrogen) atoms. The Hall–Kier alpha value is -1.42. The molecule has 0 atom stereocenters. The van der Waals surface area contributed by atoms with Crippen LogP contribution in [0.3, 0.4) is 0 Å². The van der Waals surface area contributed by atoms with Crippen LogP contribution < -0.4 is 5.32 Å². The van der Waals surface area contributed by atoms with Gasteiger partial charge in [-0.05, 0) is 67.9 Å². The van der Waals surface area contributed by atoms with Crippen LogP contribution in [0.5, 0.6) is 0 Å². The van der Waals surface area contributed by atoms with Crippen LogP contribution >= 0.6 is 0 Å². The van der Waals surface area contributed by atoms with Crippen molar-refractivity contribution in [3.8, 4) is 0 Å². The Morgan fingerprint density at radius 1 is 1.17 bits per heavy atom. The molecular formula is C19H24FNO2. The van der Waals surface area contributed by atoms with Crippen molar-refractivity contribution in [1.82, 2.24) is 5.32 Å². The predicted octanol–water partition coefficient (Wildman–Crippen LogP) is 3.40. The summed E-state index contributed by atoms with van der Waals surface area (Å²) in [6, 6.07) is 6.14. The Labute approximate surface area is 136 Å². The van der Waals surface area contributed by atoms with Crippen molar-refractivity contribution in [3.05, 3.63) is 35.6 Å². The molecule has 0 saturated heterocycles. The Kier molecular flexibility index (Phi) is 3.67. The second kappa shape index (κ2) is 5.59. The van der Waals surface area contributed by atoms with E-state index in [0.717, 1.165) is 11.8 Å². The summed E-state index contributed by atoms with van der Waals surface area (Å²) in [6.45, 7) is 0.492. The minimum atomic E-state index is -0.471. The number of benzene rings is 1. The fourth-order valence-electron chi connectivity index (χ4n) is 5.64. The molecule has 5 rings (SSSR count). The number of hydrogen-bond acceptors (Lipinski definition) is 2. The molecule has 4 bridgehead atoms. The second-order valence-corrected chi connectivity index (χ2v) is 7.63. The molecule has 1 N–H and O–H groups in total. The first-order chi connectivity index (χ1) is 11.1. The highest BCUT2D eigenvalue weighted by molar-refractivity contribution is 5.94. The van der Waals surface area contributed by atoms with Crippen LogP contribution in [0.15, 0.2) is 24.3 Å². The summed E-state index contributed by atoms with van der Waals surface area (Å²) in [5.41, 5.74) is -0.142. The maximum atomic E-state index is 13.8. The number of hydrogen-bond donors (Lipinski definition) is 1. The summed E-state index contributed by atoms with van der Waals surface area (Å²) in [6.07, 6.45) is 6.26. The van der Waals surface area contributed by atoms with Gasteiger partial charge >= 0.3 is 0 Å². The topological polar surface area (TPSA) is 38.3 Å². The van der Waals surface area contributed by atoms with Crippen molar-refractivity contribution in [1.29, 1.82) is 0 Å². The van der Waals surface area contributed by atoms with Gasteiger partial charge in [-0.15, -0.1) is 0 Å². The van der Waals surface area contributed by atoms with Crippen molar-refractivity contribution in [2.24, 2.45) is 23.7 Å². The second-order valence-electron chi connectivity index (χ2n) is 7.63. The number of nitrogens with one attached hydrogen (secondary N) is 1. The molecule has 0 spiro atoms. The van der Waals surface area contributed by atoms with Gasteiger partial charge in [0.25, 0.3) is 5.91 Å². The molecule has 4 saturated carbocycles. The van der Waals surface area contributed by atoms with Crippen LogP contribution in [0.25, 0.3) is 0 Å². The fourth-order valence-corrected chi connectivity index (χ4v) is 5.64. The van der Waals surface area contributed by atoms with E-state index in [1.54, 1.807) is 19.2 Å². The largest absolute Gasteiger partial charge is 0.376 e. The molecule has 3 nitrogen and oxygen atoms in total. The molecule has 1 aromatic rings. The van der Waals surface area contributed by atoms with Crippen LogP contribution in [-0.4, -0.2) is 25.2 Å². The first kappa shape index (κ1) is 15.1. The molecule has 4 aliphatic carbocycles. The number of carbonyl (C=O) groups is 1. The molecule has 0 aromatic heterocycles. The van der Waals surface area contributed by atoms with Gasteiger partial charge in [0, 0.05) is 13.7 Å². The Balaban J connectivity index is 1.51. The highest BCUT2D eigenvalue weighted by atomic mass is 19.1. The zero-order valence-corrected chi connectivity index (χ0v) is 13.6. The lowest BCUT2D eigenvalue weighted by atomic mass is 9.49. The van der Waals surface area contributed by atoms with E-state index in [2.05, 4.69) is 5.32 Å². The van der Waals surface area contributed by atoms with E-state index in [0.29, 0.717) is 18.4 Å². The molecule has 1 amide bonds. The lowest BCUT2D eigenvalue weighted by Gasteiger charge is -2.60. The highest BCUT2D eigenvalue weighted by Gasteiger charge is 2.57. The van der Waals surface area contributed by atoms with E-state index in [4.69, 9.17) is 4.74 Å². The summed E-state index contributed by atoms with van der Waals surface area (Å²) in [5.74, 6) is 1.95. The quantitative estimate of drug-likeness (QED) is 0.924. The number of methoxy groups -OCH3 is 1. The van der Waals surface area contributed by atoms with Crippen LogP contribution in [0.2, 0.25) is 0 Å². The fraction of sp³-hybridized carbons (Fsp3) is 0.632. The third kappa shape index (κ3) is 2.38. The van der Waals surface area contributed by atoms with Crippen LogP contribution in [-0.2, 0) is 4.74 Å². The average molecular weight is 317 g/mol. The van der Waals surface area contributed by atoms with Gasteiger partial charge in [0.05, 0.1) is 11.2 Å². The van der Waals surface area contributed by atoms with Gasteiger partial charge in [-0.25, -0.2) is 4.39 Å². The van der Waals surface area contributed by atoms with Crippen LogP contribution in [0.1, 0.15) is 42.5 Å². The molecule has 0 aliphatic heterocycles. The monoisotopic (exact) mass is 317 g/mol. The maximum absolute atomic E-state index is 13.8. The van der Waals surface area contributed by atoms with Gasteiger partial charge in [0.2, 0.25) is 0 Å². The van der Waals surface area contributed by atoms with Crippen molar-refractivity contribution in [2.75, 3.05) is 13.7 Å². The lowest BCUT2D eigenvalue weighted by Crippen LogP contribution is -2.63. The first-order valence-corrected chi connectivity index (χ1v) is 8.70. The Morgan fingerprint density at radius 2 is 1.78 bits per heavy atom. The highest BCUT2D eigenvalue weighted by Crippen LogP contribution is 2.59. The third-order valence-corrected chi connectivity index (χ3v) is 6.54. The SMILES string of the molecule is COC1(CNC(=O)c2ccccc2F)C2CC3CC(C2)CC1C3. The molecule has 4 aliphatic rings. The van der Waals surface area contributed by atoms with E-state index in [1.807, 2.05) is 0 Å². The molecule has 0 radical (unpaired) electrons. The first-order valence-electron chi connectivity index (χ1n) is 8.70. The summed E-state index contributed by atoms with van der Waals surface area (Å²) in [5, 5.41) is 2.96. The molecule has 124 valence electrons. The van der Waals surface area contributed by atoms with E-state index in [9.17, 15) is 9.18 Å². The van der Waals surface area contributed by atoms with Crippen LogP contribution in [0.4, 0.5) is 4.39 Å². The Morgan fingerprint density at radius 3 is 2.35 bits per heavy atom. The van der Waals surface area contributed by atoms with E-state index in [1.165, 1.54) is 44.2 Å². The summed E-state index contributed by atoms with van der Waals surface area (Å²) in [4.78, 5) is 12.4. The molecular weight excluding hydrogens is 293 g/mol. The van der Waals surface area contributed by atoms with Gasteiger partial charge in [0.1, 0.15) is 5.82 Å². The van der Waals surface area contributed by atoms with Crippen molar-refractivity contribution < 1.29 is 13.9 Å². The smallest absolute Gasteiger partial charge is 0.254 e. The minimum Gasteiger partial charge on any atom is -0.376 e. The maximum Gasteiger partial charge on any atom is 0.254 e. The molecule has 0 unspecified atom stereocenters. The van der Waals surface area contributed by atoms with E-state index in [-0.39, 0.29) is 17.1 Å². The molecule has 0 heterocycles. The minimum absolute atomic E-state index is 0.113. The lowest BCUT2D eigenvalue weighted by molar-refractivity contribution is -0.186. The zero-order valence-electron chi connectivity index (χ0n) is 13.6. The predicted molar refractivity (Wildman–Crippen MR) is 85.5 cm³/mol. The molecule has 4 heteroatoms.